The molecule has 3 heterocycles. The molecule has 0 saturated carbocycles. The first-order valence-electron chi connectivity index (χ1n) is 13.2. The van der Waals surface area contributed by atoms with Gasteiger partial charge in [0, 0.05) is 42.2 Å². The number of furan rings is 1. The lowest BCUT2D eigenvalue weighted by molar-refractivity contribution is 0.0964. The van der Waals surface area contributed by atoms with E-state index in [9.17, 15) is 13.2 Å². The minimum Gasteiger partial charge on any atom is -0.455 e. The van der Waals surface area contributed by atoms with Crippen LogP contribution < -0.4 is 9.62 Å². The lowest BCUT2D eigenvalue weighted by Gasteiger charge is -2.20. The zero-order chi connectivity index (χ0) is 29.8. The van der Waals surface area contributed by atoms with Crippen molar-refractivity contribution in [2.24, 2.45) is 0 Å². The van der Waals surface area contributed by atoms with E-state index in [1.54, 1.807) is 35.8 Å². The first kappa shape index (κ1) is 27.2. The number of amides is 1. The molecule has 0 bridgehead atoms. The summed E-state index contributed by atoms with van der Waals surface area (Å²) in [5.41, 5.74) is 6.27. The monoisotopic (exact) mass is 580 g/mol. The van der Waals surface area contributed by atoms with Crippen LogP contribution in [0.15, 0.2) is 77.2 Å². The Bertz CT molecular complexity index is 2100. The molecule has 0 aliphatic rings. The molecule has 11 heteroatoms. The van der Waals surface area contributed by atoms with Gasteiger partial charge in [-0.25, -0.2) is 8.42 Å². The van der Waals surface area contributed by atoms with Crippen LogP contribution in [-0.4, -0.2) is 54.5 Å². The molecular formula is C31H28N6O4S. The van der Waals surface area contributed by atoms with Crippen molar-refractivity contribution in [3.8, 4) is 34.0 Å². The molecule has 1 N–H and O–H groups in total. The highest BCUT2D eigenvalue weighted by atomic mass is 32.2. The number of nitrogens with zero attached hydrogens (tertiary/aromatic N) is 5. The minimum absolute atomic E-state index is 0.330. The Balaban J connectivity index is 1.63. The predicted molar refractivity (Wildman–Crippen MR) is 163 cm³/mol. The molecule has 6 aromatic rings. The summed E-state index contributed by atoms with van der Waals surface area (Å²) < 4.78 is 34.6. The maximum Gasteiger partial charge on any atom is 0.255 e. The van der Waals surface area contributed by atoms with Gasteiger partial charge in [0.1, 0.15) is 11.3 Å². The van der Waals surface area contributed by atoms with E-state index in [0.29, 0.717) is 50.7 Å². The number of aryl methyl sites for hydroxylation is 2. The molecule has 212 valence electrons. The molecule has 0 aliphatic carbocycles. The molecule has 0 saturated heterocycles. The van der Waals surface area contributed by atoms with Gasteiger partial charge < -0.3 is 9.73 Å². The molecule has 0 unspecified atom stereocenters. The number of hydrogen-bond donors (Lipinski definition) is 1. The van der Waals surface area contributed by atoms with E-state index in [4.69, 9.17) is 9.52 Å². The van der Waals surface area contributed by atoms with Crippen LogP contribution in [0.3, 0.4) is 0 Å². The van der Waals surface area contributed by atoms with E-state index >= 15 is 0 Å². The van der Waals surface area contributed by atoms with Gasteiger partial charge in [-0.15, -0.1) is 10.2 Å². The third-order valence-electron chi connectivity index (χ3n) is 7.26. The third-order valence-corrected chi connectivity index (χ3v) is 8.45. The fraction of sp³-hybridized carbons (Fsp3) is 0.161. The molecule has 0 spiro atoms. The Morgan fingerprint density at radius 3 is 2.17 bits per heavy atom. The summed E-state index contributed by atoms with van der Waals surface area (Å²) in [6.45, 7) is 3.98. The average molecular weight is 581 g/mol. The standard InChI is InChI=1S/C31H28N6O4S/c1-18-6-10-20(11-7-18)29-28(31(38)32-3)23-16-22(25(17-26(23)41-29)36(4)42(5,39)40)24-14-15-27-33-34-30(37(27)35-24)21-12-8-19(2)9-13-21/h6-17H,1-5H3,(H,32,38). The Morgan fingerprint density at radius 2 is 1.55 bits per heavy atom. The largest absolute Gasteiger partial charge is 0.455 e. The van der Waals surface area contributed by atoms with Crippen molar-refractivity contribution in [2.45, 2.75) is 13.8 Å². The van der Waals surface area contributed by atoms with E-state index in [1.807, 2.05) is 62.4 Å². The SMILES string of the molecule is CNC(=O)c1c(-c2ccc(C)cc2)oc2cc(N(C)S(C)(=O)=O)c(-c3ccc4nnc(-c5ccc(C)cc5)n4n3)cc12. The highest BCUT2D eigenvalue weighted by Crippen LogP contribution is 2.41. The van der Waals surface area contributed by atoms with Crippen molar-refractivity contribution in [1.29, 1.82) is 0 Å². The molecule has 0 radical (unpaired) electrons. The van der Waals surface area contributed by atoms with Crippen molar-refractivity contribution in [1.82, 2.24) is 25.1 Å². The number of aromatic nitrogens is 4. The second kappa shape index (κ2) is 10.1. The number of fused-ring (bicyclic) bond motifs is 2. The number of nitrogens with one attached hydrogen (secondary N) is 1. The first-order valence-corrected chi connectivity index (χ1v) is 15.0. The van der Waals surface area contributed by atoms with Crippen LogP contribution in [0.2, 0.25) is 0 Å². The lowest BCUT2D eigenvalue weighted by atomic mass is 10.0. The van der Waals surface area contributed by atoms with Crippen molar-refractivity contribution in [3.05, 3.63) is 89.5 Å². The van der Waals surface area contributed by atoms with E-state index in [0.717, 1.165) is 28.5 Å². The summed E-state index contributed by atoms with van der Waals surface area (Å²) in [7, 11) is -0.643. The van der Waals surface area contributed by atoms with Gasteiger partial charge in [0.2, 0.25) is 10.0 Å². The number of anilines is 1. The zero-order valence-corrected chi connectivity index (χ0v) is 24.5. The number of carbonyl (C=O) groups excluding carboxylic acids is 1. The summed E-state index contributed by atoms with van der Waals surface area (Å²) >= 11 is 0. The van der Waals surface area contributed by atoms with E-state index in [1.165, 1.54) is 11.4 Å². The highest BCUT2D eigenvalue weighted by Gasteiger charge is 2.26. The normalized spacial score (nSPS) is 11.7. The predicted octanol–water partition coefficient (Wildman–Crippen LogP) is 5.24. The van der Waals surface area contributed by atoms with Gasteiger partial charge in [-0.05, 0) is 32.0 Å². The fourth-order valence-electron chi connectivity index (χ4n) is 4.85. The Kier molecular flexibility index (Phi) is 6.53. The van der Waals surface area contributed by atoms with Gasteiger partial charge in [-0.3, -0.25) is 9.10 Å². The molecular weight excluding hydrogens is 552 g/mol. The van der Waals surface area contributed by atoms with E-state index in [2.05, 4.69) is 15.5 Å². The molecule has 3 aromatic heterocycles. The van der Waals surface area contributed by atoms with Gasteiger partial charge in [0.15, 0.2) is 11.5 Å². The molecule has 6 rings (SSSR count). The third kappa shape index (κ3) is 4.67. The Morgan fingerprint density at radius 1 is 0.905 bits per heavy atom. The molecule has 10 nitrogen and oxygen atoms in total. The van der Waals surface area contributed by atoms with Crippen molar-refractivity contribution >= 4 is 38.2 Å². The van der Waals surface area contributed by atoms with E-state index in [-0.39, 0.29) is 5.91 Å². The van der Waals surface area contributed by atoms with Crippen LogP contribution in [0, 0.1) is 13.8 Å². The lowest BCUT2D eigenvalue weighted by Crippen LogP contribution is -2.25. The molecule has 42 heavy (non-hydrogen) atoms. The molecule has 0 aliphatic heterocycles. The zero-order valence-electron chi connectivity index (χ0n) is 23.7. The van der Waals surface area contributed by atoms with Crippen molar-refractivity contribution < 1.29 is 17.6 Å². The van der Waals surface area contributed by atoms with Crippen molar-refractivity contribution in [3.63, 3.8) is 0 Å². The summed E-state index contributed by atoms with van der Waals surface area (Å²) in [5.74, 6) is 0.601. The van der Waals surface area contributed by atoms with Crippen molar-refractivity contribution in [2.75, 3.05) is 24.7 Å². The maximum absolute atomic E-state index is 13.2. The van der Waals surface area contributed by atoms with Gasteiger partial charge in [-0.2, -0.15) is 9.61 Å². The number of sulfonamides is 1. The summed E-state index contributed by atoms with van der Waals surface area (Å²) in [6.07, 6.45) is 1.13. The smallest absolute Gasteiger partial charge is 0.255 e. The fourth-order valence-corrected chi connectivity index (χ4v) is 5.36. The summed E-state index contributed by atoms with van der Waals surface area (Å²) in [4.78, 5) is 13.2. The van der Waals surface area contributed by atoms with Crippen LogP contribution >= 0.6 is 0 Å². The quantitative estimate of drug-likeness (QED) is 0.286. The molecule has 1 amide bonds. The highest BCUT2D eigenvalue weighted by molar-refractivity contribution is 7.92. The molecule has 0 atom stereocenters. The molecule has 0 fully saturated rings. The van der Waals surface area contributed by atoms with Crippen LogP contribution in [0.1, 0.15) is 21.5 Å². The van der Waals surface area contributed by atoms with Gasteiger partial charge >= 0.3 is 0 Å². The second-order valence-electron chi connectivity index (χ2n) is 10.2. The van der Waals surface area contributed by atoms with Gasteiger partial charge in [-0.1, -0.05) is 59.7 Å². The second-order valence-corrected chi connectivity index (χ2v) is 12.2. The van der Waals surface area contributed by atoms with Crippen LogP contribution in [0.4, 0.5) is 5.69 Å². The Labute approximate surface area is 242 Å². The maximum atomic E-state index is 13.2. The number of carbonyl (C=O) groups is 1. The topological polar surface area (TPSA) is 123 Å². The van der Waals surface area contributed by atoms with E-state index < -0.39 is 10.0 Å². The first-order chi connectivity index (χ1) is 20.0. The van der Waals surface area contributed by atoms with Crippen LogP contribution in [-0.2, 0) is 10.0 Å². The van der Waals surface area contributed by atoms with Gasteiger partial charge in [0.05, 0.1) is 23.2 Å². The Hall–Kier alpha value is -5.03. The average Bonchev–Trinajstić information content (AvgIpc) is 3.57. The summed E-state index contributed by atoms with van der Waals surface area (Å²) in [5, 5.41) is 16.7. The van der Waals surface area contributed by atoms with Crippen LogP contribution in [0.25, 0.3) is 50.6 Å². The molecule has 3 aromatic carbocycles. The number of hydrogen-bond acceptors (Lipinski definition) is 7. The number of rotatable bonds is 6. The number of benzene rings is 3. The van der Waals surface area contributed by atoms with Crippen LogP contribution in [0.5, 0.6) is 0 Å². The minimum atomic E-state index is -3.67. The summed E-state index contributed by atoms with van der Waals surface area (Å²) in [6, 6.07) is 22.4. The van der Waals surface area contributed by atoms with Gasteiger partial charge in [0.25, 0.3) is 5.91 Å².